The van der Waals surface area contributed by atoms with Crippen molar-refractivity contribution in [3.05, 3.63) is 76.9 Å². The predicted molar refractivity (Wildman–Crippen MR) is 102 cm³/mol. The molecule has 3 aromatic rings. The number of nitrogens with one attached hydrogen (secondary N) is 1. The van der Waals surface area contributed by atoms with Gasteiger partial charge in [-0.25, -0.2) is 4.68 Å². The molecular formula is C19H17ClN4O3. The molecule has 2 aromatic carbocycles. The van der Waals surface area contributed by atoms with Gasteiger partial charge in [0, 0.05) is 16.7 Å². The lowest BCUT2D eigenvalue weighted by molar-refractivity contribution is -0.119. The van der Waals surface area contributed by atoms with Crippen LogP contribution in [-0.4, -0.2) is 28.2 Å². The Hall–Kier alpha value is -3.32. The van der Waals surface area contributed by atoms with Crippen molar-refractivity contribution in [2.75, 3.05) is 11.9 Å². The molecule has 1 heterocycles. The molecule has 0 radical (unpaired) electrons. The molecule has 3 N–H and O–H groups in total. The van der Waals surface area contributed by atoms with E-state index in [1.54, 1.807) is 41.2 Å². The molecule has 0 bridgehead atoms. The number of primary amides is 1. The second-order valence-electron chi connectivity index (χ2n) is 5.74. The van der Waals surface area contributed by atoms with Crippen LogP contribution < -0.4 is 15.8 Å². The van der Waals surface area contributed by atoms with Gasteiger partial charge in [0.1, 0.15) is 11.6 Å². The molecule has 2 amide bonds. The van der Waals surface area contributed by atoms with Gasteiger partial charge >= 0.3 is 0 Å². The Morgan fingerprint density at radius 3 is 2.74 bits per heavy atom. The van der Waals surface area contributed by atoms with Crippen LogP contribution in [0, 0.1) is 0 Å². The quantitative estimate of drug-likeness (QED) is 0.654. The minimum Gasteiger partial charge on any atom is -0.484 e. The van der Waals surface area contributed by atoms with Crippen LogP contribution in [0.4, 0.5) is 5.82 Å². The summed E-state index contributed by atoms with van der Waals surface area (Å²) in [5.41, 5.74) is 6.40. The highest BCUT2D eigenvalue weighted by Gasteiger charge is 2.11. The van der Waals surface area contributed by atoms with E-state index in [2.05, 4.69) is 10.4 Å². The maximum absolute atomic E-state index is 12.5. The van der Waals surface area contributed by atoms with Gasteiger partial charge < -0.3 is 15.8 Å². The zero-order chi connectivity index (χ0) is 19.2. The maximum Gasteiger partial charge on any atom is 0.256 e. The number of nitrogens with two attached hydrogens (primary N) is 1. The molecule has 0 saturated carbocycles. The molecule has 3 rings (SSSR count). The van der Waals surface area contributed by atoms with Crippen LogP contribution in [0.2, 0.25) is 5.02 Å². The SMILES string of the molecule is NC(=O)COc1cccc(C(=O)Nc2ccnn2Cc2cccc(Cl)c2)c1. The summed E-state index contributed by atoms with van der Waals surface area (Å²) in [6, 6.07) is 15.6. The number of aromatic nitrogens is 2. The molecular weight excluding hydrogens is 368 g/mol. The molecule has 8 heteroatoms. The summed E-state index contributed by atoms with van der Waals surface area (Å²) in [5, 5.41) is 7.69. The smallest absolute Gasteiger partial charge is 0.256 e. The molecule has 0 spiro atoms. The van der Waals surface area contributed by atoms with E-state index in [9.17, 15) is 9.59 Å². The van der Waals surface area contributed by atoms with Crippen LogP contribution in [0.3, 0.4) is 0 Å². The average molecular weight is 385 g/mol. The first-order chi connectivity index (χ1) is 13.0. The van der Waals surface area contributed by atoms with E-state index >= 15 is 0 Å². The second kappa shape index (κ2) is 8.37. The van der Waals surface area contributed by atoms with Crippen molar-refractivity contribution in [3.8, 4) is 5.75 Å². The average Bonchev–Trinajstić information content (AvgIpc) is 3.07. The van der Waals surface area contributed by atoms with Crippen molar-refractivity contribution >= 4 is 29.2 Å². The van der Waals surface area contributed by atoms with Crippen molar-refractivity contribution in [2.45, 2.75) is 6.54 Å². The highest BCUT2D eigenvalue weighted by Crippen LogP contribution is 2.17. The van der Waals surface area contributed by atoms with E-state index < -0.39 is 5.91 Å². The number of amides is 2. The van der Waals surface area contributed by atoms with Crippen molar-refractivity contribution in [1.29, 1.82) is 0 Å². The third-order valence-corrected chi connectivity index (χ3v) is 3.89. The lowest BCUT2D eigenvalue weighted by Crippen LogP contribution is -2.20. The number of benzene rings is 2. The van der Waals surface area contributed by atoms with Gasteiger partial charge in [0.05, 0.1) is 12.7 Å². The van der Waals surface area contributed by atoms with E-state index in [1.165, 1.54) is 6.07 Å². The molecule has 0 unspecified atom stereocenters. The van der Waals surface area contributed by atoms with Gasteiger partial charge in [0.2, 0.25) is 0 Å². The fourth-order valence-electron chi connectivity index (χ4n) is 2.44. The monoisotopic (exact) mass is 384 g/mol. The number of hydrogen-bond donors (Lipinski definition) is 2. The number of rotatable bonds is 7. The Labute approximate surface area is 160 Å². The van der Waals surface area contributed by atoms with Crippen molar-refractivity contribution in [3.63, 3.8) is 0 Å². The second-order valence-corrected chi connectivity index (χ2v) is 6.18. The summed E-state index contributed by atoms with van der Waals surface area (Å²) in [6.07, 6.45) is 1.60. The molecule has 7 nitrogen and oxygen atoms in total. The fourth-order valence-corrected chi connectivity index (χ4v) is 2.66. The first-order valence-electron chi connectivity index (χ1n) is 8.10. The third kappa shape index (κ3) is 5.08. The summed E-state index contributed by atoms with van der Waals surface area (Å²) in [4.78, 5) is 23.4. The Morgan fingerprint density at radius 2 is 1.96 bits per heavy atom. The summed E-state index contributed by atoms with van der Waals surface area (Å²) < 4.78 is 6.89. The Kier molecular flexibility index (Phi) is 5.73. The van der Waals surface area contributed by atoms with Gasteiger partial charge in [-0.1, -0.05) is 29.8 Å². The lowest BCUT2D eigenvalue weighted by atomic mass is 10.2. The van der Waals surface area contributed by atoms with E-state index in [4.69, 9.17) is 22.1 Å². The molecule has 0 aliphatic rings. The minimum atomic E-state index is -0.588. The third-order valence-electron chi connectivity index (χ3n) is 3.66. The fraction of sp³-hybridized carbons (Fsp3) is 0.105. The standard InChI is InChI=1S/C19H17ClN4O3/c20-15-5-1-3-13(9-15)11-24-18(7-8-22-24)23-19(26)14-4-2-6-16(10-14)27-12-17(21)25/h1-10H,11-12H2,(H2,21,25)(H,23,26). The molecule has 1 aromatic heterocycles. The molecule has 0 saturated heterocycles. The van der Waals surface area contributed by atoms with Gasteiger partial charge in [-0.2, -0.15) is 5.10 Å². The highest BCUT2D eigenvalue weighted by molar-refractivity contribution is 6.30. The summed E-state index contributed by atoms with van der Waals surface area (Å²) in [7, 11) is 0. The van der Waals surface area contributed by atoms with Gasteiger partial charge in [0.25, 0.3) is 11.8 Å². The number of ether oxygens (including phenoxy) is 1. The molecule has 138 valence electrons. The van der Waals surface area contributed by atoms with Crippen molar-refractivity contribution < 1.29 is 14.3 Å². The van der Waals surface area contributed by atoms with Crippen LogP contribution in [0.5, 0.6) is 5.75 Å². The largest absolute Gasteiger partial charge is 0.484 e. The zero-order valence-electron chi connectivity index (χ0n) is 14.3. The normalized spacial score (nSPS) is 10.4. The molecule has 0 fully saturated rings. The summed E-state index contributed by atoms with van der Waals surface area (Å²) in [6.45, 7) is 0.211. The number of carbonyl (C=O) groups excluding carboxylic acids is 2. The number of halogens is 1. The van der Waals surface area contributed by atoms with Crippen LogP contribution in [0.25, 0.3) is 0 Å². The first kappa shape index (κ1) is 18.5. The minimum absolute atomic E-state index is 0.253. The highest BCUT2D eigenvalue weighted by atomic mass is 35.5. The maximum atomic E-state index is 12.5. The lowest BCUT2D eigenvalue weighted by Gasteiger charge is -2.10. The van der Waals surface area contributed by atoms with E-state index in [-0.39, 0.29) is 12.5 Å². The van der Waals surface area contributed by atoms with Crippen molar-refractivity contribution in [2.24, 2.45) is 5.73 Å². The van der Waals surface area contributed by atoms with Gasteiger partial charge in [-0.05, 0) is 35.9 Å². The summed E-state index contributed by atoms with van der Waals surface area (Å²) >= 11 is 6.01. The van der Waals surface area contributed by atoms with Crippen molar-refractivity contribution in [1.82, 2.24) is 9.78 Å². The number of nitrogens with zero attached hydrogens (tertiary/aromatic N) is 2. The number of hydrogen-bond acceptors (Lipinski definition) is 4. The van der Waals surface area contributed by atoms with Crippen LogP contribution in [0.15, 0.2) is 60.8 Å². The van der Waals surface area contributed by atoms with E-state index in [1.807, 2.05) is 18.2 Å². The van der Waals surface area contributed by atoms with Gasteiger partial charge in [0.15, 0.2) is 6.61 Å². The van der Waals surface area contributed by atoms with Crippen LogP contribution in [-0.2, 0) is 11.3 Å². The van der Waals surface area contributed by atoms with Crippen LogP contribution in [0.1, 0.15) is 15.9 Å². The Bertz CT molecular complexity index is 971. The molecule has 27 heavy (non-hydrogen) atoms. The molecule has 0 atom stereocenters. The Morgan fingerprint density at radius 1 is 1.15 bits per heavy atom. The predicted octanol–water partition coefficient (Wildman–Crippen LogP) is 2.70. The van der Waals surface area contributed by atoms with E-state index in [0.717, 1.165) is 5.56 Å². The van der Waals surface area contributed by atoms with E-state index in [0.29, 0.717) is 28.7 Å². The van der Waals surface area contributed by atoms with Crippen LogP contribution >= 0.6 is 11.6 Å². The molecule has 0 aliphatic carbocycles. The Balaban J connectivity index is 1.71. The topological polar surface area (TPSA) is 99.2 Å². The number of carbonyl (C=O) groups is 2. The van der Waals surface area contributed by atoms with Gasteiger partial charge in [-0.3, -0.25) is 9.59 Å². The molecule has 0 aliphatic heterocycles. The zero-order valence-corrected chi connectivity index (χ0v) is 15.0. The number of anilines is 1. The first-order valence-corrected chi connectivity index (χ1v) is 8.48. The summed E-state index contributed by atoms with van der Waals surface area (Å²) in [5.74, 6) is 0.0134. The van der Waals surface area contributed by atoms with Gasteiger partial charge in [-0.15, -0.1) is 0 Å².